The van der Waals surface area contributed by atoms with Crippen molar-refractivity contribution in [3.05, 3.63) is 113 Å². The fourth-order valence-corrected chi connectivity index (χ4v) is 3.64. The molecule has 4 rings (SSSR count). The number of benzene rings is 4. The summed E-state index contributed by atoms with van der Waals surface area (Å²) in [6, 6.07) is 29.3. The molecule has 0 aliphatic carbocycles. The van der Waals surface area contributed by atoms with Gasteiger partial charge in [0, 0.05) is 11.3 Å². The number of carbonyl (C=O) groups is 1. The van der Waals surface area contributed by atoms with E-state index in [-0.39, 0.29) is 5.57 Å². The monoisotopic (exact) mass is 432 g/mol. The summed E-state index contributed by atoms with van der Waals surface area (Å²) in [5.41, 5.74) is 4.66. The number of anilines is 1. The van der Waals surface area contributed by atoms with Crippen molar-refractivity contribution in [2.45, 2.75) is 20.5 Å². The van der Waals surface area contributed by atoms with Gasteiger partial charge >= 0.3 is 0 Å². The minimum absolute atomic E-state index is 0.00679. The standard InChI is InChI=1S/C29H24N2O2/c1-20-10-13-25(14-11-20)31-29(32)24(18-30)17-27-26-9-4-3-8-23(26)12-15-28(27)33-19-22-7-5-6-21(2)16-22/h3-17H,19H2,1-2H3,(H,31,32)/b24-17+. The number of amides is 1. The summed E-state index contributed by atoms with van der Waals surface area (Å²) >= 11 is 0. The number of hydrogen-bond acceptors (Lipinski definition) is 3. The van der Waals surface area contributed by atoms with E-state index in [2.05, 4.69) is 11.4 Å². The van der Waals surface area contributed by atoms with E-state index in [1.54, 1.807) is 6.08 Å². The summed E-state index contributed by atoms with van der Waals surface area (Å²) < 4.78 is 6.16. The van der Waals surface area contributed by atoms with Crippen LogP contribution < -0.4 is 10.1 Å². The topological polar surface area (TPSA) is 62.1 Å². The first-order chi connectivity index (χ1) is 16.0. The number of nitrogens with one attached hydrogen (secondary N) is 1. The lowest BCUT2D eigenvalue weighted by Gasteiger charge is -2.13. The van der Waals surface area contributed by atoms with Gasteiger partial charge in [-0.1, -0.05) is 77.9 Å². The number of fused-ring (bicyclic) bond motifs is 1. The Balaban J connectivity index is 1.69. The van der Waals surface area contributed by atoms with Crippen LogP contribution >= 0.6 is 0 Å². The first-order valence-corrected chi connectivity index (χ1v) is 10.7. The van der Waals surface area contributed by atoms with Crippen LogP contribution in [0.15, 0.2) is 90.5 Å². The van der Waals surface area contributed by atoms with Crippen molar-refractivity contribution >= 4 is 28.4 Å². The van der Waals surface area contributed by atoms with Gasteiger partial charge < -0.3 is 10.1 Å². The molecule has 4 aromatic carbocycles. The summed E-state index contributed by atoms with van der Waals surface area (Å²) in [5.74, 6) is 0.157. The second kappa shape index (κ2) is 9.84. The zero-order valence-electron chi connectivity index (χ0n) is 18.6. The fourth-order valence-electron chi connectivity index (χ4n) is 3.64. The van der Waals surface area contributed by atoms with Crippen molar-refractivity contribution in [3.63, 3.8) is 0 Å². The van der Waals surface area contributed by atoms with Crippen LogP contribution in [0, 0.1) is 25.2 Å². The van der Waals surface area contributed by atoms with Gasteiger partial charge in [-0.3, -0.25) is 4.79 Å². The molecule has 0 aromatic heterocycles. The molecule has 4 heteroatoms. The zero-order chi connectivity index (χ0) is 23.2. The van der Waals surface area contributed by atoms with E-state index in [9.17, 15) is 10.1 Å². The molecule has 0 heterocycles. The average Bonchev–Trinajstić information content (AvgIpc) is 2.83. The summed E-state index contributed by atoms with van der Waals surface area (Å²) in [6.07, 6.45) is 1.61. The van der Waals surface area contributed by atoms with Crippen LogP contribution in [0.5, 0.6) is 5.75 Å². The van der Waals surface area contributed by atoms with Gasteiger partial charge in [0.1, 0.15) is 24.0 Å². The SMILES string of the molecule is Cc1ccc(NC(=O)/C(C#N)=C/c2c(OCc3cccc(C)c3)ccc3ccccc23)cc1. The van der Waals surface area contributed by atoms with Crippen LogP contribution in [-0.2, 0) is 11.4 Å². The van der Waals surface area contributed by atoms with Crippen molar-refractivity contribution < 1.29 is 9.53 Å². The van der Waals surface area contributed by atoms with E-state index in [1.807, 2.05) is 98.8 Å². The molecule has 4 nitrogen and oxygen atoms in total. The van der Waals surface area contributed by atoms with Crippen molar-refractivity contribution in [1.82, 2.24) is 0 Å². The summed E-state index contributed by atoms with van der Waals surface area (Å²) in [4.78, 5) is 12.9. The molecule has 0 fully saturated rings. The fraction of sp³-hybridized carbons (Fsp3) is 0.103. The normalized spacial score (nSPS) is 11.1. The van der Waals surface area contributed by atoms with Crippen LogP contribution in [0.3, 0.4) is 0 Å². The summed E-state index contributed by atoms with van der Waals surface area (Å²) in [7, 11) is 0. The first kappa shape index (κ1) is 21.9. The molecule has 33 heavy (non-hydrogen) atoms. The second-order valence-electron chi connectivity index (χ2n) is 7.97. The van der Waals surface area contributed by atoms with E-state index in [0.29, 0.717) is 23.6 Å². The van der Waals surface area contributed by atoms with Gasteiger partial charge in [-0.15, -0.1) is 0 Å². The average molecular weight is 433 g/mol. The summed E-state index contributed by atoms with van der Waals surface area (Å²) in [6.45, 7) is 4.41. The van der Waals surface area contributed by atoms with Gasteiger partial charge in [-0.2, -0.15) is 5.26 Å². The van der Waals surface area contributed by atoms with Crippen molar-refractivity contribution in [2.75, 3.05) is 5.32 Å². The molecule has 1 amide bonds. The maximum atomic E-state index is 12.9. The summed E-state index contributed by atoms with van der Waals surface area (Å²) in [5, 5.41) is 14.5. The van der Waals surface area contributed by atoms with Gasteiger partial charge in [0.05, 0.1) is 0 Å². The van der Waals surface area contributed by atoms with Gasteiger partial charge in [0.2, 0.25) is 0 Å². The predicted octanol–water partition coefficient (Wildman–Crippen LogP) is 6.58. The third-order valence-corrected chi connectivity index (χ3v) is 5.37. The van der Waals surface area contributed by atoms with Gasteiger partial charge in [0.25, 0.3) is 5.91 Å². The largest absolute Gasteiger partial charge is 0.488 e. The molecule has 0 bridgehead atoms. The van der Waals surface area contributed by atoms with Crippen LogP contribution in [0.4, 0.5) is 5.69 Å². The van der Waals surface area contributed by atoms with Gasteiger partial charge in [0.15, 0.2) is 0 Å². The molecule has 0 atom stereocenters. The van der Waals surface area contributed by atoms with E-state index in [0.717, 1.165) is 27.5 Å². The number of ether oxygens (including phenoxy) is 1. The van der Waals surface area contributed by atoms with Crippen molar-refractivity contribution in [3.8, 4) is 11.8 Å². The van der Waals surface area contributed by atoms with Crippen LogP contribution in [0.2, 0.25) is 0 Å². The second-order valence-corrected chi connectivity index (χ2v) is 7.97. The highest BCUT2D eigenvalue weighted by Crippen LogP contribution is 2.31. The zero-order valence-corrected chi connectivity index (χ0v) is 18.6. The smallest absolute Gasteiger partial charge is 0.266 e. The third-order valence-electron chi connectivity index (χ3n) is 5.37. The van der Waals surface area contributed by atoms with Crippen LogP contribution in [-0.4, -0.2) is 5.91 Å². The molecule has 4 aromatic rings. The number of rotatable bonds is 6. The first-order valence-electron chi connectivity index (χ1n) is 10.7. The highest BCUT2D eigenvalue weighted by atomic mass is 16.5. The molecular weight excluding hydrogens is 408 g/mol. The predicted molar refractivity (Wildman–Crippen MR) is 133 cm³/mol. The maximum Gasteiger partial charge on any atom is 0.266 e. The highest BCUT2D eigenvalue weighted by molar-refractivity contribution is 6.11. The Kier molecular flexibility index (Phi) is 6.52. The minimum atomic E-state index is -0.459. The molecule has 0 aliphatic heterocycles. The van der Waals surface area contributed by atoms with E-state index >= 15 is 0 Å². The number of nitriles is 1. The van der Waals surface area contributed by atoms with Crippen molar-refractivity contribution in [1.29, 1.82) is 5.26 Å². The Morgan fingerprint density at radius 2 is 1.73 bits per heavy atom. The lowest BCUT2D eigenvalue weighted by atomic mass is 10.0. The van der Waals surface area contributed by atoms with Gasteiger partial charge in [-0.25, -0.2) is 0 Å². The van der Waals surface area contributed by atoms with Crippen LogP contribution in [0.1, 0.15) is 22.3 Å². The van der Waals surface area contributed by atoms with Crippen LogP contribution in [0.25, 0.3) is 16.8 Å². The Morgan fingerprint density at radius 1 is 0.939 bits per heavy atom. The molecule has 162 valence electrons. The lowest BCUT2D eigenvalue weighted by Crippen LogP contribution is -2.13. The molecular formula is C29H24N2O2. The third kappa shape index (κ3) is 5.28. The van der Waals surface area contributed by atoms with Crippen molar-refractivity contribution in [2.24, 2.45) is 0 Å². The Hall–Kier alpha value is -4.36. The Bertz CT molecular complexity index is 1380. The molecule has 0 saturated heterocycles. The maximum absolute atomic E-state index is 12.9. The molecule has 0 aliphatic rings. The number of hydrogen-bond donors (Lipinski definition) is 1. The lowest BCUT2D eigenvalue weighted by molar-refractivity contribution is -0.112. The molecule has 0 spiro atoms. The minimum Gasteiger partial charge on any atom is -0.488 e. The van der Waals surface area contributed by atoms with Gasteiger partial charge in [-0.05, 0) is 54.5 Å². The Labute approximate surface area is 193 Å². The van der Waals surface area contributed by atoms with E-state index in [4.69, 9.17) is 4.74 Å². The number of carbonyl (C=O) groups excluding carboxylic acids is 1. The van der Waals surface area contributed by atoms with E-state index in [1.165, 1.54) is 0 Å². The molecule has 1 N–H and O–H groups in total. The highest BCUT2D eigenvalue weighted by Gasteiger charge is 2.14. The number of nitrogens with zero attached hydrogens (tertiary/aromatic N) is 1. The number of aryl methyl sites for hydroxylation is 2. The quantitative estimate of drug-likeness (QED) is 0.276. The molecule has 0 saturated carbocycles. The Morgan fingerprint density at radius 3 is 2.48 bits per heavy atom. The molecule has 0 unspecified atom stereocenters. The van der Waals surface area contributed by atoms with E-state index < -0.39 is 5.91 Å². The molecule has 0 radical (unpaired) electrons.